The largest absolute Gasteiger partial charge is 0.425 e. The second-order valence-corrected chi connectivity index (χ2v) is 8.13. The van der Waals surface area contributed by atoms with E-state index in [1.54, 1.807) is 17.0 Å². The van der Waals surface area contributed by atoms with Gasteiger partial charge in [-0.1, -0.05) is 30.3 Å². The number of halogens is 3. The van der Waals surface area contributed by atoms with Crippen LogP contribution in [0.1, 0.15) is 22.0 Å². The number of fused-ring (bicyclic) bond motifs is 1. The molecule has 3 heterocycles. The fourth-order valence-corrected chi connectivity index (χ4v) is 4.62. The summed E-state index contributed by atoms with van der Waals surface area (Å²) in [6, 6.07) is 13.9. The Labute approximate surface area is 174 Å². The molecule has 1 atom stereocenters. The van der Waals surface area contributed by atoms with Gasteiger partial charge in [-0.3, -0.25) is 9.89 Å². The van der Waals surface area contributed by atoms with E-state index >= 15 is 0 Å². The van der Waals surface area contributed by atoms with Gasteiger partial charge in [0.15, 0.2) is 0 Å². The molecular formula is C22H16F3N3OS. The summed E-state index contributed by atoms with van der Waals surface area (Å²) >= 11 is 0.689. The summed E-state index contributed by atoms with van der Waals surface area (Å²) in [6.07, 6.45) is -1.69. The van der Waals surface area contributed by atoms with Crippen LogP contribution < -0.4 is 10.2 Å². The molecule has 2 amide bonds. The third-order valence-corrected chi connectivity index (χ3v) is 6.35. The number of thiophene rings is 1. The molecule has 0 saturated carbocycles. The minimum Gasteiger partial charge on any atom is -0.335 e. The molecule has 1 fully saturated rings. The van der Waals surface area contributed by atoms with Gasteiger partial charge in [0.2, 0.25) is 0 Å². The highest BCUT2D eigenvalue weighted by molar-refractivity contribution is 7.10. The smallest absolute Gasteiger partial charge is 0.335 e. The lowest BCUT2D eigenvalue weighted by Gasteiger charge is -2.24. The van der Waals surface area contributed by atoms with Crippen molar-refractivity contribution in [1.29, 1.82) is 0 Å². The van der Waals surface area contributed by atoms with Gasteiger partial charge >= 0.3 is 12.2 Å². The summed E-state index contributed by atoms with van der Waals surface area (Å²) in [5.41, 5.74) is 4.93. The maximum Gasteiger partial charge on any atom is 0.425 e. The maximum atomic E-state index is 12.9. The molecule has 0 bridgehead atoms. The predicted molar refractivity (Wildman–Crippen MR) is 112 cm³/mol. The van der Waals surface area contributed by atoms with Crippen LogP contribution in [0.2, 0.25) is 0 Å². The van der Waals surface area contributed by atoms with Crippen molar-refractivity contribution >= 4 is 35.0 Å². The van der Waals surface area contributed by atoms with E-state index in [2.05, 4.69) is 10.3 Å². The molecule has 1 unspecified atom stereocenters. The number of benzene rings is 2. The number of aliphatic imine (C=N–C) groups is 1. The average Bonchev–Trinajstić information content (AvgIpc) is 3.46. The number of hydrogen-bond acceptors (Lipinski definition) is 3. The first kappa shape index (κ1) is 18.9. The summed E-state index contributed by atoms with van der Waals surface area (Å²) < 4.78 is 38.6. The zero-order valence-electron chi connectivity index (χ0n) is 15.6. The Morgan fingerprint density at radius 2 is 1.87 bits per heavy atom. The summed E-state index contributed by atoms with van der Waals surface area (Å²) in [4.78, 5) is 18.0. The van der Waals surface area contributed by atoms with Crippen LogP contribution in [0.4, 0.5) is 29.3 Å². The SMILES string of the molecule is O=C1NCC(c2ccc(-c3csc(C(F)(F)F)c3)cc2)N1c1ccc2c(c1)N=CC2. The lowest BCUT2D eigenvalue weighted by molar-refractivity contribution is -0.134. The highest BCUT2D eigenvalue weighted by atomic mass is 32.1. The van der Waals surface area contributed by atoms with Gasteiger partial charge in [-0.2, -0.15) is 13.2 Å². The monoisotopic (exact) mass is 427 g/mol. The number of carbonyl (C=O) groups is 1. The molecule has 5 rings (SSSR count). The number of nitrogens with zero attached hydrogens (tertiary/aromatic N) is 2. The third-order valence-electron chi connectivity index (χ3n) is 5.37. The lowest BCUT2D eigenvalue weighted by atomic mass is 10.0. The Hall–Kier alpha value is -3.13. The second kappa shape index (κ2) is 6.98. The molecule has 152 valence electrons. The molecule has 1 saturated heterocycles. The fourth-order valence-electron chi connectivity index (χ4n) is 3.84. The molecule has 3 aromatic rings. The fraction of sp³-hybridized carbons (Fsp3) is 0.182. The van der Waals surface area contributed by atoms with Gasteiger partial charge < -0.3 is 5.32 Å². The van der Waals surface area contributed by atoms with E-state index in [-0.39, 0.29) is 12.1 Å². The van der Waals surface area contributed by atoms with Crippen LogP contribution in [-0.4, -0.2) is 18.8 Å². The Balaban J connectivity index is 1.42. The normalized spacial score (nSPS) is 18.0. The number of nitrogens with one attached hydrogen (secondary N) is 1. The summed E-state index contributed by atoms with van der Waals surface area (Å²) in [5.74, 6) is 0. The van der Waals surface area contributed by atoms with E-state index in [9.17, 15) is 18.0 Å². The molecule has 2 aromatic carbocycles. The number of urea groups is 1. The molecule has 0 spiro atoms. The number of amides is 2. The van der Waals surface area contributed by atoms with Gasteiger partial charge in [-0.05, 0) is 45.8 Å². The Kier molecular flexibility index (Phi) is 4.39. The van der Waals surface area contributed by atoms with Crippen molar-refractivity contribution in [3.63, 3.8) is 0 Å². The van der Waals surface area contributed by atoms with Gasteiger partial charge in [0.05, 0.1) is 11.7 Å². The highest BCUT2D eigenvalue weighted by Crippen LogP contribution is 2.38. The van der Waals surface area contributed by atoms with Crippen LogP contribution in [0.5, 0.6) is 0 Å². The minimum absolute atomic E-state index is 0.182. The molecule has 2 aliphatic rings. The zero-order valence-corrected chi connectivity index (χ0v) is 16.4. The average molecular weight is 427 g/mol. The maximum absolute atomic E-state index is 12.9. The van der Waals surface area contributed by atoms with Crippen molar-refractivity contribution in [2.24, 2.45) is 4.99 Å². The van der Waals surface area contributed by atoms with E-state index in [1.165, 1.54) is 5.38 Å². The van der Waals surface area contributed by atoms with Crippen molar-refractivity contribution in [1.82, 2.24) is 5.32 Å². The highest BCUT2D eigenvalue weighted by Gasteiger charge is 2.34. The molecule has 2 aliphatic heterocycles. The van der Waals surface area contributed by atoms with E-state index in [0.29, 0.717) is 29.0 Å². The van der Waals surface area contributed by atoms with E-state index in [0.717, 1.165) is 35.0 Å². The molecule has 30 heavy (non-hydrogen) atoms. The van der Waals surface area contributed by atoms with Crippen LogP contribution in [-0.2, 0) is 12.6 Å². The first-order chi connectivity index (χ1) is 14.4. The molecule has 0 aliphatic carbocycles. The molecule has 4 nitrogen and oxygen atoms in total. The Morgan fingerprint density at radius 3 is 2.60 bits per heavy atom. The molecule has 8 heteroatoms. The number of rotatable bonds is 3. The molecule has 0 radical (unpaired) electrons. The Bertz CT molecular complexity index is 1150. The number of carbonyl (C=O) groups excluding carboxylic acids is 1. The number of hydrogen-bond donors (Lipinski definition) is 1. The van der Waals surface area contributed by atoms with Crippen LogP contribution >= 0.6 is 11.3 Å². The van der Waals surface area contributed by atoms with E-state index < -0.39 is 11.1 Å². The van der Waals surface area contributed by atoms with Gasteiger partial charge in [0.1, 0.15) is 4.88 Å². The molecule has 1 N–H and O–H groups in total. The van der Waals surface area contributed by atoms with Crippen LogP contribution in [0.3, 0.4) is 0 Å². The Morgan fingerprint density at radius 1 is 1.07 bits per heavy atom. The predicted octanol–water partition coefficient (Wildman–Crippen LogP) is 5.96. The molecule has 1 aromatic heterocycles. The third kappa shape index (κ3) is 3.27. The van der Waals surface area contributed by atoms with Crippen LogP contribution in [0, 0.1) is 0 Å². The van der Waals surface area contributed by atoms with Gasteiger partial charge in [-0.15, -0.1) is 11.3 Å². The lowest BCUT2D eigenvalue weighted by Crippen LogP contribution is -2.29. The summed E-state index contributed by atoms with van der Waals surface area (Å²) in [5, 5.41) is 4.39. The standard InChI is InChI=1S/C22H16F3N3OS/c23-22(24,25)20-9-16(12-30-20)13-1-3-15(4-2-13)19-11-27-21(29)28(19)17-6-5-14-7-8-26-18(14)10-17/h1-6,8-10,12,19H,7,11H2,(H,27,29). The van der Waals surface area contributed by atoms with Crippen molar-refractivity contribution in [2.75, 3.05) is 11.4 Å². The van der Waals surface area contributed by atoms with Crippen LogP contribution in [0.25, 0.3) is 11.1 Å². The van der Waals surface area contributed by atoms with Crippen molar-refractivity contribution in [3.05, 3.63) is 69.9 Å². The van der Waals surface area contributed by atoms with Crippen LogP contribution in [0.15, 0.2) is 58.9 Å². The number of alkyl halides is 3. The molecular weight excluding hydrogens is 411 g/mol. The zero-order chi connectivity index (χ0) is 20.9. The first-order valence-electron chi connectivity index (χ1n) is 9.39. The van der Waals surface area contributed by atoms with Crippen molar-refractivity contribution < 1.29 is 18.0 Å². The van der Waals surface area contributed by atoms with Gasteiger partial charge in [0.25, 0.3) is 0 Å². The quantitative estimate of drug-likeness (QED) is 0.551. The van der Waals surface area contributed by atoms with E-state index in [1.807, 2.05) is 36.5 Å². The second-order valence-electron chi connectivity index (χ2n) is 7.22. The van der Waals surface area contributed by atoms with E-state index in [4.69, 9.17) is 0 Å². The van der Waals surface area contributed by atoms with Gasteiger partial charge in [-0.25, -0.2) is 4.79 Å². The van der Waals surface area contributed by atoms with Crippen molar-refractivity contribution in [3.8, 4) is 11.1 Å². The number of anilines is 1. The summed E-state index contributed by atoms with van der Waals surface area (Å²) in [7, 11) is 0. The topological polar surface area (TPSA) is 44.7 Å². The first-order valence-corrected chi connectivity index (χ1v) is 10.3. The summed E-state index contributed by atoms with van der Waals surface area (Å²) in [6.45, 7) is 0.454. The van der Waals surface area contributed by atoms with Gasteiger partial charge in [0, 0.05) is 24.9 Å². The minimum atomic E-state index is -4.33. The van der Waals surface area contributed by atoms with Crippen molar-refractivity contribution in [2.45, 2.75) is 18.6 Å².